The van der Waals surface area contributed by atoms with Crippen molar-refractivity contribution < 1.29 is 4.74 Å². The van der Waals surface area contributed by atoms with Crippen molar-refractivity contribution in [2.75, 3.05) is 7.11 Å². The summed E-state index contributed by atoms with van der Waals surface area (Å²) >= 11 is 0. The average Bonchev–Trinajstić information content (AvgIpc) is 2.68. The van der Waals surface area contributed by atoms with Gasteiger partial charge < -0.3 is 4.74 Å². The van der Waals surface area contributed by atoms with Gasteiger partial charge in [-0.25, -0.2) is 0 Å². The molecule has 0 saturated carbocycles. The third kappa shape index (κ3) is 2.52. The zero-order chi connectivity index (χ0) is 16.4. The van der Waals surface area contributed by atoms with Crippen molar-refractivity contribution in [2.45, 2.75) is 0 Å². The minimum Gasteiger partial charge on any atom is -0.497 e. The first-order chi connectivity index (χ1) is 11.9. The van der Waals surface area contributed by atoms with E-state index in [9.17, 15) is 0 Å². The Kier molecular flexibility index (Phi) is 3.72. The molecule has 2 nitrogen and oxygen atoms in total. The molecular weight excluding hydrogens is 294 g/mol. The van der Waals surface area contributed by atoms with Crippen LogP contribution in [0.1, 0.15) is 0 Å². The van der Waals surface area contributed by atoms with E-state index >= 15 is 0 Å². The number of fused-ring (bicyclic) bond motifs is 1. The van der Waals surface area contributed by atoms with E-state index in [2.05, 4.69) is 48.5 Å². The first-order valence-electron chi connectivity index (χ1n) is 7.94. The van der Waals surface area contributed by atoms with Crippen LogP contribution in [0.2, 0.25) is 0 Å². The number of nitrogens with zero attached hydrogens (tertiary/aromatic N) is 1. The zero-order valence-electron chi connectivity index (χ0n) is 13.4. The Bertz CT molecular complexity index is 979. The van der Waals surface area contributed by atoms with Gasteiger partial charge in [-0.1, -0.05) is 60.7 Å². The lowest BCUT2D eigenvalue weighted by Crippen LogP contribution is -1.92. The molecule has 0 saturated heterocycles. The molecule has 0 bridgehead atoms. The second-order valence-electron chi connectivity index (χ2n) is 5.67. The Morgan fingerprint density at radius 3 is 2.08 bits per heavy atom. The highest BCUT2D eigenvalue weighted by Crippen LogP contribution is 2.37. The lowest BCUT2D eigenvalue weighted by Gasteiger charge is -2.14. The minimum atomic E-state index is 0.852. The lowest BCUT2D eigenvalue weighted by atomic mass is 9.94. The summed E-state index contributed by atoms with van der Waals surface area (Å²) in [5, 5.41) is 2.25. The molecule has 0 amide bonds. The SMILES string of the molecule is COc1ccc2cnc(-c3ccccc3)c(-c3ccccc3)c2c1. The second-order valence-corrected chi connectivity index (χ2v) is 5.67. The van der Waals surface area contributed by atoms with Gasteiger partial charge in [0.1, 0.15) is 5.75 Å². The maximum absolute atomic E-state index is 5.44. The largest absolute Gasteiger partial charge is 0.497 e. The summed E-state index contributed by atoms with van der Waals surface area (Å²) in [7, 11) is 1.70. The van der Waals surface area contributed by atoms with Gasteiger partial charge in [0.15, 0.2) is 0 Å². The highest BCUT2D eigenvalue weighted by Gasteiger charge is 2.13. The van der Waals surface area contributed by atoms with Crippen molar-refractivity contribution >= 4 is 10.8 Å². The Hall–Kier alpha value is -3.13. The van der Waals surface area contributed by atoms with E-state index in [4.69, 9.17) is 9.72 Å². The lowest BCUT2D eigenvalue weighted by molar-refractivity contribution is 0.415. The van der Waals surface area contributed by atoms with Crippen molar-refractivity contribution in [2.24, 2.45) is 0 Å². The Morgan fingerprint density at radius 1 is 0.750 bits per heavy atom. The summed E-state index contributed by atoms with van der Waals surface area (Å²) in [6, 6.07) is 26.8. The molecule has 116 valence electrons. The third-order valence-corrected chi connectivity index (χ3v) is 4.21. The molecule has 0 aliphatic heterocycles. The fourth-order valence-electron chi connectivity index (χ4n) is 3.03. The van der Waals surface area contributed by atoms with E-state index in [0.29, 0.717) is 0 Å². The summed E-state index contributed by atoms with van der Waals surface area (Å²) < 4.78 is 5.44. The monoisotopic (exact) mass is 311 g/mol. The van der Waals surface area contributed by atoms with Crippen LogP contribution in [0.25, 0.3) is 33.2 Å². The van der Waals surface area contributed by atoms with Gasteiger partial charge in [-0.05, 0) is 29.1 Å². The molecule has 24 heavy (non-hydrogen) atoms. The smallest absolute Gasteiger partial charge is 0.119 e. The zero-order valence-corrected chi connectivity index (χ0v) is 13.4. The van der Waals surface area contributed by atoms with Crippen molar-refractivity contribution in [3.8, 4) is 28.1 Å². The average molecular weight is 311 g/mol. The molecular formula is C22H17NO. The molecule has 0 aliphatic rings. The maximum atomic E-state index is 5.44. The van der Waals surface area contributed by atoms with Crippen molar-refractivity contribution in [1.82, 2.24) is 4.98 Å². The molecule has 0 aliphatic carbocycles. The minimum absolute atomic E-state index is 0.852. The van der Waals surface area contributed by atoms with Crippen LogP contribution in [0.3, 0.4) is 0 Å². The molecule has 1 heterocycles. The van der Waals surface area contributed by atoms with Gasteiger partial charge in [0, 0.05) is 22.7 Å². The van der Waals surface area contributed by atoms with Crippen molar-refractivity contribution in [3.63, 3.8) is 0 Å². The number of methoxy groups -OCH3 is 1. The highest BCUT2D eigenvalue weighted by atomic mass is 16.5. The first-order valence-corrected chi connectivity index (χ1v) is 7.94. The van der Waals surface area contributed by atoms with Crippen LogP contribution in [-0.2, 0) is 0 Å². The van der Waals surface area contributed by atoms with Crippen LogP contribution >= 0.6 is 0 Å². The second kappa shape index (κ2) is 6.17. The molecule has 0 N–H and O–H groups in total. The molecule has 0 unspecified atom stereocenters. The Morgan fingerprint density at radius 2 is 1.42 bits per heavy atom. The summed E-state index contributed by atoms with van der Waals surface area (Å²) in [6.45, 7) is 0. The molecule has 0 radical (unpaired) electrons. The molecule has 4 aromatic rings. The van der Waals surface area contributed by atoms with Crippen LogP contribution in [0.4, 0.5) is 0 Å². The van der Waals surface area contributed by atoms with Gasteiger partial charge in [-0.15, -0.1) is 0 Å². The van der Waals surface area contributed by atoms with Crippen LogP contribution in [0.5, 0.6) is 5.75 Å². The van der Waals surface area contributed by atoms with Crippen LogP contribution in [0, 0.1) is 0 Å². The number of ether oxygens (including phenoxy) is 1. The van der Waals surface area contributed by atoms with Crippen molar-refractivity contribution in [1.29, 1.82) is 0 Å². The highest BCUT2D eigenvalue weighted by molar-refractivity contribution is 6.02. The van der Waals surface area contributed by atoms with Crippen molar-refractivity contribution in [3.05, 3.63) is 85.1 Å². The third-order valence-electron chi connectivity index (χ3n) is 4.21. The van der Waals surface area contributed by atoms with Crippen LogP contribution < -0.4 is 4.74 Å². The van der Waals surface area contributed by atoms with Gasteiger partial charge in [-0.2, -0.15) is 0 Å². The first kappa shape index (κ1) is 14.5. The number of rotatable bonds is 3. The Labute approximate surface area is 141 Å². The molecule has 1 aromatic heterocycles. The van der Waals surface area contributed by atoms with E-state index in [1.165, 1.54) is 0 Å². The molecule has 3 aromatic carbocycles. The number of pyridine rings is 1. The summed E-state index contributed by atoms with van der Waals surface area (Å²) in [5.41, 5.74) is 4.39. The van der Waals surface area contributed by atoms with Gasteiger partial charge in [0.2, 0.25) is 0 Å². The number of aromatic nitrogens is 1. The molecule has 0 atom stereocenters. The maximum Gasteiger partial charge on any atom is 0.119 e. The summed E-state index contributed by atoms with van der Waals surface area (Å²) in [4.78, 5) is 4.77. The number of benzene rings is 3. The van der Waals surface area contributed by atoms with E-state index in [0.717, 1.165) is 38.9 Å². The van der Waals surface area contributed by atoms with Gasteiger partial charge >= 0.3 is 0 Å². The molecule has 2 heteroatoms. The Balaban J connectivity index is 2.09. The normalized spacial score (nSPS) is 10.7. The fraction of sp³-hybridized carbons (Fsp3) is 0.0455. The predicted octanol–water partition coefficient (Wildman–Crippen LogP) is 5.58. The van der Waals surface area contributed by atoms with E-state index in [1.807, 2.05) is 36.5 Å². The van der Waals surface area contributed by atoms with Gasteiger partial charge in [0.25, 0.3) is 0 Å². The van der Waals surface area contributed by atoms with Crippen LogP contribution in [-0.4, -0.2) is 12.1 Å². The standard InChI is InChI=1S/C22H17NO/c1-24-19-13-12-18-15-23-22(17-10-6-3-7-11-17)21(20(18)14-19)16-8-4-2-5-9-16/h2-15H,1H3. The number of hydrogen-bond donors (Lipinski definition) is 0. The van der Waals surface area contributed by atoms with Gasteiger partial charge in [0.05, 0.1) is 12.8 Å². The molecule has 0 spiro atoms. The summed E-state index contributed by atoms with van der Waals surface area (Å²) in [6.07, 6.45) is 1.93. The summed E-state index contributed by atoms with van der Waals surface area (Å²) in [5.74, 6) is 0.852. The predicted molar refractivity (Wildman–Crippen MR) is 99.2 cm³/mol. The quantitative estimate of drug-likeness (QED) is 0.493. The number of hydrogen-bond acceptors (Lipinski definition) is 2. The molecule has 0 fully saturated rings. The van der Waals surface area contributed by atoms with Gasteiger partial charge in [-0.3, -0.25) is 4.98 Å². The van der Waals surface area contributed by atoms with Crippen LogP contribution in [0.15, 0.2) is 85.1 Å². The van der Waals surface area contributed by atoms with E-state index in [1.54, 1.807) is 7.11 Å². The fourth-order valence-corrected chi connectivity index (χ4v) is 3.03. The van der Waals surface area contributed by atoms with E-state index < -0.39 is 0 Å². The van der Waals surface area contributed by atoms with E-state index in [-0.39, 0.29) is 0 Å². The molecule has 4 rings (SSSR count). The topological polar surface area (TPSA) is 22.1 Å².